The van der Waals surface area contributed by atoms with Crippen molar-refractivity contribution >= 4 is 11.9 Å². The fourth-order valence-corrected chi connectivity index (χ4v) is 1.56. The Morgan fingerprint density at radius 2 is 1.86 bits per heavy atom. The van der Waals surface area contributed by atoms with Gasteiger partial charge in [0.2, 0.25) is 0 Å². The van der Waals surface area contributed by atoms with Crippen LogP contribution in [0.15, 0.2) is 24.3 Å². The number of carbonyl (C=O) groups is 2. The summed E-state index contributed by atoms with van der Waals surface area (Å²) in [6.07, 6.45) is 0.298. The van der Waals surface area contributed by atoms with E-state index in [0.717, 1.165) is 0 Å². The lowest BCUT2D eigenvalue weighted by molar-refractivity contribution is -0.143. The minimum atomic E-state index is -1.27. The van der Waals surface area contributed by atoms with Crippen LogP contribution in [-0.2, 0) is 9.53 Å². The third-order valence-electron chi connectivity index (χ3n) is 3.24. The first-order valence-corrected chi connectivity index (χ1v) is 6.70. The molecule has 0 heterocycles. The molecule has 0 saturated carbocycles. The highest BCUT2D eigenvalue weighted by molar-refractivity contribution is 5.97. The van der Waals surface area contributed by atoms with Gasteiger partial charge < -0.3 is 19.9 Å². The summed E-state index contributed by atoms with van der Waals surface area (Å²) in [6.45, 7) is 4.10. The van der Waals surface area contributed by atoms with E-state index < -0.39 is 17.4 Å². The number of rotatable bonds is 8. The third kappa shape index (κ3) is 4.75. The van der Waals surface area contributed by atoms with Crippen LogP contribution < -0.4 is 10.1 Å². The fraction of sp³-hybridized carbons (Fsp3) is 0.467. The first kappa shape index (κ1) is 17.0. The minimum Gasteiger partial charge on any atom is -0.491 e. The highest BCUT2D eigenvalue weighted by Crippen LogP contribution is 2.15. The molecule has 1 amide bonds. The third-order valence-corrected chi connectivity index (χ3v) is 3.24. The van der Waals surface area contributed by atoms with E-state index in [1.165, 1.54) is 6.92 Å². The van der Waals surface area contributed by atoms with Crippen molar-refractivity contribution in [2.45, 2.75) is 25.8 Å². The summed E-state index contributed by atoms with van der Waals surface area (Å²) < 4.78 is 10.3. The lowest BCUT2D eigenvalue weighted by Crippen LogP contribution is -2.51. The molecule has 0 fully saturated rings. The largest absolute Gasteiger partial charge is 0.491 e. The number of methoxy groups -OCH3 is 1. The van der Waals surface area contributed by atoms with Gasteiger partial charge in [0, 0.05) is 12.7 Å². The highest BCUT2D eigenvalue weighted by atomic mass is 16.5. The van der Waals surface area contributed by atoms with Crippen molar-refractivity contribution in [3.05, 3.63) is 29.8 Å². The van der Waals surface area contributed by atoms with Crippen LogP contribution in [-0.4, -0.2) is 42.8 Å². The Balaban J connectivity index is 2.69. The maximum Gasteiger partial charge on any atom is 0.329 e. The number of carboxylic acid groups (broad SMARTS) is 1. The highest BCUT2D eigenvalue weighted by Gasteiger charge is 2.32. The molecule has 0 saturated heterocycles. The van der Waals surface area contributed by atoms with E-state index in [9.17, 15) is 9.59 Å². The first-order chi connectivity index (χ1) is 9.92. The summed E-state index contributed by atoms with van der Waals surface area (Å²) in [4.78, 5) is 23.2. The molecule has 0 aliphatic carbocycles. The van der Waals surface area contributed by atoms with Crippen molar-refractivity contribution in [1.29, 1.82) is 0 Å². The summed E-state index contributed by atoms with van der Waals surface area (Å²) in [5, 5.41) is 11.7. The van der Waals surface area contributed by atoms with Gasteiger partial charge in [0.05, 0.1) is 6.61 Å². The Morgan fingerprint density at radius 1 is 1.24 bits per heavy atom. The van der Waals surface area contributed by atoms with E-state index in [-0.39, 0.29) is 0 Å². The van der Waals surface area contributed by atoms with Crippen molar-refractivity contribution < 1.29 is 24.2 Å². The number of amides is 1. The molecule has 0 bridgehead atoms. The molecular weight excluding hydrogens is 274 g/mol. The summed E-state index contributed by atoms with van der Waals surface area (Å²) in [7, 11) is 1.59. The van der Waals surface area contributed by atoms with Gasteiger partial charge >= 0.3 is 5.97 Å². The second kappa shape index (κ2) is 7.64. The maximum atomic E-state index is 12.1. The second-order valence-corrected chi connectivity index (χ2v) is 4.81. The van der Waals surface area contributed by atoms with Crippen LogP contribution in [0.1, 0.15) is 30.6 Å². The molecule has 1 aromatic rings. The Labute approximate surface area is 124 Å². The number of ether oxygens (including phenoxy) is 2. The van der Waals surface area contributed by atoms with Gasteiger partial charge in [-0.05, 0) is 37.6 Å². The van der Waals surface area contributed by atoms with Gasteiger partial charge in [0.1, 0.15) is 17.9 Å². The summed E-state index contributed by atoms with van der Waals surface area (Å²) in [5.74, 6) is -0.858. The van der Waals surface area contributed by atoms with Crippen LogP contribution in [0.25, 0.3) is 0 Å². The molecule has 6 nitrogen and oxygen atoms in total. The maximum absolute atomic E-state index is 12.1. The van der Waals surface area contributed by atoms with Crippen molar-refractivity contribution in [3.8, 4) is 5.75 Å². The Kier molecular flexibility index (Phi) is 6.17. The molecule has 1 rings (SSSR count). The van der Waals surface area contributed by atoms with E-state index in [1.807, 2.05) is 0 Å². The van der Waals surface area contributed by atoms with E-state index in [4.69, 9.17) is 14.6 Å². The van der Waals surface area contributed by atoms with E-state index in [0.29, 0.717) is 30.9 Å². The fourth-order valence-electron chi connectivity index (χ4n) is 1.56. The van der Waals surface area contributed by atoms with Crippen LogP contribution in [0, 0.1) is 0 Å². The monoisotopic (exact) mass is 295 g/mol. The number of benzene rings is 1. The van der Waals surface area contributed by atoms with Gasteiger partial charge in [0.25, 0.3) is 5.91 Å². The van der Waals surface area contributed by atoms with Crippen molar-refractivity contribution in [2.24, 2.45) is 0 Å². The molecule has 6 heteroatoms. The predicted octanol–water partition coefficient (Wildman–Crippen LogP) is 1.69. The van der Waals surface area contributed by atoms with Gasteiger partial charge in [-0.15, -0.1) is 0 Å². The summed E-state index contributed by atoms with van der Waals surface area (Å²) in [5.41, 5.74) is -0.889. The average Bonchev–Trinajstić information content (AvgIpc) is 2.47. The number of carboxylic acids is 1. The predicted molar refractivity (Wildman–Crippen MR) is 77.6 cm³/mol. The average molecular weight is 295 g/mol. The topological polar surface area (TPSA) is 84.9 Å². The minimum absolute atomic E-state index is 0.298. The van der Waals surface area contributed by atoms with Gasteiger partial charge in [-0.2, -0.15) is 0 Å². The quantitative estimate of drug-likeness (QED) is 0.713. The number of aliphatic carboxylic acids is 1. The number of nitrogens with one attached hydrogen (secondary N) is 1. The zero-order chi connectivity index (χ0) is 15.9. The molecule has 0 radical (unpaired) electrons. The zero-order valence-corrected chi connectivity index (χ0v) is 12.5. The molecule has 1 unspecified atom stereocenters. The molecule has 21 heavy (non-hydrogen) atoms. The van der Waals surface area contributed by atoms with Crippen LogP contribution >= 0.6 is 0 Å². The molecule has 1 atom stereocenters. The van der Waals surface area contributed by atoms with Gasteiger partial charge in [-0.3, -0.25) is 4.79 Å². The number of hydrogen-bond donors (Lipinski definition) is 2. The van der Waals surface area contributed by atoms with Crippen LogP contribution in [0.2, 0.25) is 0 Å². The van der Waals surface area contributed by atoms with Crippen LogP contribution in [0.5, 0.6) is 5.75 Å². The van der Waals surface area contributed by atoms with Crippen molar-refractivity contribution in [2.75, 3.05) is 20.3 Å². The SMILES string of the molecule is CCC(C)(NC(=O)c1ccc(OCCOC)cc1)C(=O)O. The molecular formula is C15H21NO5. The standard InChI is InChI=1S/C15H21NO5/c1-4-15(2,14(18)19)16-13(17)11-5-7-12(8-6-11)21-10-9-20-3/h5-8H,4,9-10H2,1-3H3,(H,16,17)(H,18,19). The number of carbonyl (C=O) groups excluding carboxylic acids is 1. The van der Waals surface area contributed by atoms with E-state index >= 15 is 0 Å². The molecule has 0 aliphatic rings. The van der Waals surface area contributed by atoms with Gasteiger partial charge in [0.15, 0.2) is 0 Å². The number of hydrogen-bond acceptors (Lipinski definition) is 4. The normalized spacial score (nSPS) is 13.3. The lowest BCUT2D eigenvalue weighted by Gasteiger charge is -2.24. The zero-order valence-electron chi connectivity index (χ0n) is 12.5. The molecule has 2 N–H and O–H groups in total. The van der Waals surface area contributed by atoms with Crippen LogP contribution in [0.4, 0.5) is 0 Å². The van der Waals surface area contributed by atoms with Crippen molar-refractivity contribution in [3.63, 3.8) is 0 Å². The molecule has 116 valence electrons. The summed E-state index contributed by atoms with van der Waals surface area (Å²) >= 11 is 0. The molecule has 1 aromatic carbocycles. The van der Waals surface area contributed by atoms with E-state index in [1.54, 1.807) is 38.3 Å². The second-order valence-electron chi connectivity index (χ2n) is 4.81. The Hall–Kier alpha value is -2.08. The Bertz CT molecular complexity index is 485. The van der Waals surface area contributed by atoms with Crippen LogP contribution in [0.3, 0.4) is 0 Å². The molecule has 0 aromatic heterocycles. The summed E-state index contributed by atoms with van der Waals surface area (Å²) in [6, 6.07) is 6.51. The Morgan fingerprint density at radius 3 is 2.33 bits per heavy atom. The van der Waals surface area contributed by atoms with E-state index in [2.05, 4.69) is 5.32 Å². The molecule has 0 spiro atoms. The van der Waals surface area contributed by atoms with Crippen molar-refractivity contribution in [1.82, 2.24) is 5.32 Å². The molecule has 0 aliphatic heterocycles. The smallest absolute Gasteiger partial charge is 0.329 e. The van der Waals surface area contributed by atoms with Gasteiger partial charge in [-0.25, -0.2) is 4.79 Å². The first-order valence-electron chi connectivity index (χ1n) is 6.70. The van der Waals surface area contributed by atoms with Gasteiger partial charge in [-0.1, -0.05) is 6.92 Å². The lowest BCUT2D eigenvalue weighted by atomic mass is 9.98.